The highest BCUT2D eigenvalue weighted by Gasteiger charge is 2.24. The molecule has 0 spiro atoms. The minimum Gasteiger partial charge on any atom is -0.368 e. The number of hydrogen-bond acceptors (Lipinski definition) is 3. The maximum atomic E-state index is 13.1. The average molecular weight is 407 g/mol. The van der Waals surface area contributed by atoms with Gasteiger partial charge in [0.15, 0.2) is 0 Å². The molecule has 2 aliphatic heterocycles. The summed E-state index contributed by atoms with van der Waals surface area (Å²) < 4.78 is 13.1. The molecule has 0 unspecified atom stereocenters. The third-order valence-electron chi connectivity index (χ3n) is 6.43. The van der Waals surface area contributed by atoms with Gasteiger partial charge in [0.2, 0.25) is 5.91 Å². The number of rotatable bonds is 4. The Balaban J connectivity index is 1.12. The van der Waals surface area contributed by atoms with E-state index in [-0.39, 0.29) is 11.7 Å². The molecule has 5 nitrogen and oxygen atoms in total. The Bertz CT molecular complexity index is 1040. The Kier molecular flexibility index (Phi) is 5.17. The molecule has 2 aromatic carbocycles. The number of piperazine rings is 1. The highest BCUT2D eigenvalue weighted by atomic mass is 19.1. The van der Waals surface area contributed by atoms with Crippen molar-refractivity contribution < 1.29 is 9.18 Å². The average Bonchev–Trinajstić information content (AvgIpc) is 3.16. The van der Waals surface area contributed by atoms with Crippen molar-refractivity contribution in [1.82, 2.24) is 14.8 Å². The number of anilines is 1. The molecular weight excluding hydrogens is 379 g/mol. The number of aromatic amines is 1. The first-order chi connectivity index (χ1) is 14.7. The number of carbonyl (C=O) groups excluding carboxylic acids is 1. The maximum Gasteiger partial charge on any atom is 0.223 e. The number of carbonyl (C=O) groups is 1. The second-order valence-electron chi connectivity index (χ2n) is 8.25. The number of aromatic nitrogens is 1. The van der Waals surface area contributed by atoms with Gasteiger partial charge in [-0.3, -0.25) is 9.69 Å². The molecule has 1 amide bonds. The van der Waals surface area contributed by atoms with Crippen LogP contribution < -0.4 is 4.90 Å². The SMILES string of the molecule is O=C(CCN1CCc2c([nH]c3ccccc23)C1)N1CCN(c2ccc(F)cc2)CC1. The number of hydrogen-bond donors (Lipinski definition) is 1. The summed E-state index contributed by atoms with van der Waals surface area (Å²) in [6, 6.07) is 15.1. The number of nitrogens with zero attached hydrogens (tertiary/aromatic N) is 3. The van der Waals surface area contributed by atoms with Crippen molar-refractivity contribution in [2.24, 2.45) is 0 Å². The first-order valence-electron chi connectivity index (χ1n) is 10.8. The van der Waals surface area contributed by atoms with Crippen molar-refractivity contribution in [3.63, 3.8) is 0 Å². The fourth-order valence-electron chi connectivity index (χ4n) is 4.72. The monoisotopic (exact) mass is 406 g/mol. The largest absolute Gasteiger partial charge is 0.368 e. The van der Waals surface area contributed by atoms with E-state index in [0.717, 1.165) is 57.9 Å². The van der Waals surface area contributed by atoms with Gasteiger partial charge in [-0.15, -0.1) is 0 Å². The summed E-state index contributed by atoms with van der Waals surface area (Å²) in [6.07, 6.45) is 1.59. The molecular formula is C24H27FN4O. The number of para-hydroxylation sites is 1. The summed E-state index contributed by atoms with van der Waals surface area (Å²) in [5.41, 5.74) is 4.96. The van der Waals surface area contributed by atoms with E-state index < -0.39 is 0 Å². The quantitative estimate of drug-likeness (QED) is 0.722. The van der Waals surface area contributed by atoms with Crippen LogP contribution in [0.5, 0.6) is 0 Å². The molecule has 2 aliphatic rings. The van der Waals surface area contributed by atoms with E-state index in [1.807, 2.05) is 17.0 Å². The predicted octanol–water partition coefficient (Wildman–Crippen LogP) is 3.40. The minimum absolute atomic E-state index is 0.218. The van der Waals surface area contributed by atoms with Gasteiger partial charge in [-0.05, 0) is 42.3 Å². The molecule has 0 atom stereocenters. The van der Waals surface area contributed by atoms with Crippen LogP contribution >= 0.6 is 0 Å². The molecule has 3 aromatic rings. The van der Waals surface area contributed by atoms with E-state index in [1.54, 1.807) is 0 Å². The lowest BCUT2D eigenvalue weighted by molar-refractivity contribution is -0.131. The van der Waals surface area contributed by atoms with Gasteiger partial charge in [-0.25, -0.2) is 4.39 Å². The Hall–Kier alpha value is -2.86. The summed E-state index contributed by atoms with van der Waals surface area (Å²) in [5, 5.41) is 1.34. The van der Waals surface area contributed by atoms with Crippen LogP contribution in [-0.4, -0.2) is 60.0 Å². The standard InChI is InChI=1S/C24H27FN4O/c25-18-5-7-19(8-6-18)28-13-15-29(16-14-28)24(30)10-12-27-11-9-21-20-3-1-2-4-22(20)26-23(21)17-27/h1-8,26H,9-17H2. The summed E-state index contributed by atoms with van der Waals surface area (Å²) in [6.45, 7) is 5.71. The second kappa shape index (κ2) is 8.11. The van der Waals surface area contributed by atoms with Crippen LogP contribution in [0.4, 0.5) is 10.1 Å². The zero-order valence-corrected chi connectivity index (χ0v) is 17.1. The van der Waals surface area contributed by atoms with Crippen molar-refractivity contribution in [2.75, 3.05) is 44.2 Å². The molecule has 156 valence electrons. The van der Waals surface area contributed by atoms with Gasteiger partial charge in [0.05, 0.1) is 0 Å². The molecule has 3 heterocycles. The van der Waals surface area contributed by atoms with E-state index in [2.05, 4.69) is 39.0 Å². The number of nitrogens with one attached hydrogen (secondary N) is 1. The van der Waals surface area contributed by atoms with Crippen LogP contribution in [0.1, 0.15) is 17.7 Å². The molecule has 6 heteroatoms. The van der Waals surface area contributed by atoms with E-state index in [4.69, 9.17) is 0 Å². The molecule has 1 aromatic heterocycles. The maximum absolute atomic E-state index is 13.1. The lowest BCUT2D eigenvalue weighted by Crippen LogP contribution is -2.49. The molecule has 30 heavy (non-hydrogen) atoms. The van der Waals surface area contributed by atoms with E-state index in [0.29, 0.717) is 6.42 Å². The van der Waals surface area contributed by atoms with Gasteiger partial charge in [0.1, 0.15) is 5.82 Å². The van der Waals surface area contributed by atoms with E-state index in [1.165, 1.54) is 34.3 Å². The van der Waals surface area contributed by atoms with Crippen LogP contribution in [0.3, 0.4) is 0 Å². The van der Waals surface area contributed by atoms with Gasteiger partial charge in [-0.1, -0.05) is 18.2 Å². The first kappa shape index (κ1) is 19.1. The minimum atomic E-state index is -0.218. The lowest BCUT2D eigenvalue weighted by atomic mass is 10.0. The van der Waals surface area contributed by atoms with Crippen molar-refractivity contribution in [3.8, 4) is 0 Å². The van der Waals surface area contributed by atoms with Gasteiger partial charge in [0, 0.05) is 74.5 Å². The highest BCUT2D eigenvalue weighted by molar-refractivity contribution is 5.84. The second-order valence-corrected chi connectivity index (χ2v) is 8.25. The Labute approximate surface area is 176 Å². The first-order valence-corrected chi connectivity index (χ1v) is 10.8. The smallest absolute Gasteiger partial charge is 0.223 e. The summed E-state index contributed by atoms with van der Waals surface area (Å²) in [7, 11) is 0. The number of benzene rings is 2. The van der Waals surface area contributed by atoms with Crippen molar-refractivity contribution in [1.29, 1.82) is 0 Å². The van der Waals surface area contributed by atoms with Crippen LogP contribution in [0.25, 0.3) is 10.9 Å². The van der Waals surface area contributed by atoms with E-state index >= 15 is 0 Å². The normalized spacial score (nSPS) is 17.4. The Morgan fingerprint density at radius 3 is 2.53 bits per heavy atom. The van der Waals surface area contributed by atoms with Crippen LogP contribution in [0, 0.1) is 5.82 Å². The number of amides is 1. The van der Waals surface area contributed by atoms with Crippen LogP contribution in [0.2, 0.25) is 0 Å². The molecule has 0 radical (unpaired) electrons. The molecule has 0 saturated carbocycles. The Morgan fingerprint density at radius 2 is 1.73 bits per heavy atom. The highest BCUT2D eigenvalue weighted by Crippen LogP contribution is 2.27. The number of H-pyrrole nitrogens is 1. The summed E-state index contributed by atoms with van der Waals surface area (Å²) >= 11 is 0. The molecule has 0 aliphatic carbocycles. The molecule has 1 fully saturated rings. The zero-order chi connectivity index (χ0) is 20.5. The van der Waals surface area contributed by atoms with Crippen molar-refractivity contribution in [3.05, 3.63) is 65.6 Å². The van der Waals surface area contributed by atoms with Gasteiger partial charge >= 0.3 is 0 Å². The van der Waals surface area contributed by atoms with Gasteiger partial charge in [0.25, 0.3) is 0 Å². The third-order valence-corrected chi connectivity index (χ3v) is 6.43. The van der Waals surface area contributed by atoms with Gasteiger partial charge in [-0.2, -0.15) is 0 Å². The zero-order valence-electron chi connectivity index (χ0n) is 17.1. The van der Waals surface area contributed by atoms with Crippen LogP contribution in [-0.2, 0) is 17.8 Å². The number of fused-ring (bicyclic) bond motifs is 3. The molecule has 0 bridgehead atoms. The third kappa shape index (κ3) is 3.79. The molecule has 1 saturated heterocycles. The lowest BCUT2D eigenvalue weighted by Gasteiger charge is -2.36. The van der Waals surface area contributed by atoms with Crippen LogP contribution in [0.15, 0.2) is 48.5 Å². The van der Waals surface area contributed by atoms with Crippen molar-refractivity contribution >= 4 is 22.5 Å². The molecule has 5 rings (SSSR count). The van der Waals surface area contributed by atoms with Gasteiger partial charge < -0.3 is 14.8 Å². The topological polar surface area (TPSA) is 42.6 Å². The summed E-state index contributed by atoms with van der Waals surface area (Å²) in [4.78, 5) is 22.9. The summed E-state index contributed by atoms with van der Waals surface area (Å²) in [5.74, 6) is 0.0149. The predicted molar refractivity (Wildman–Crippen MR) is 117 cm³/mol. The fourth-order valence-corrected chi connectivity index (χ4v) is 4.72. The Morgan fingerprint density at radius 1 is 0.967 bits per heavy atom. The number of halogens is 1. The fraction of sp³-hybridized carbons (Fsp3) is 0.375. The molecule has 1 N–H and O–H groups in total. The van der Waals surface area contributed by atoms with Crippen molar-refractivity contribution in [2.45, 2.75) is 19.4 Å². The van der Waals surface area contributed by atoms with E-state index in [9.17, 15) is 9.18 Å².